The highest BCUT2D eigenvalue weighted by atomic mass is 35.5. The van der Waals surface area contributed by atoms with E-state index in [0.717, 1.165) is 28.0 Å². The van der Waals surface area contributed by atoms with E-state index in [4.69, 9.17) is 17.3 Å². The fraction of sp³-hybridized carbons (Fsp3) is 0.176. The topological polar surface area (TPSA) is 67.5 Å². The number of rotatable bonds is 2. The molecule has 0 saturated carbocycles. The van der Waals surface area contributed by atoms with E-state index in [1.54, 1.807) is 6.07 Å². The van der Waals surface area contributed by atoms with Gasteiger partial charge in [-0.15, -0.1) is 0 Å². The minimum Gasteiger partial charge on any atom is -0.398 e. The maximum Gasteiger partial charge on any atom is 0.240 e. The molecule has 2 aromatic carbocycles. The second-order valence-electron chi connectivity index (χ2n) is 5.36. The number of nitrogen functional groups attached to an aromatic ring is 1. The van der Waals surface area contributed by atoms with Crippen LogP contribution in [-0.2, 0) is 4.79 Å². The lowest BCUT2D eigenvalue weighted by Gasteiger charge is -2.14. The Morgan fingerprint density at radius 2 is 1.91 bits per heavy atom. The maximum absolute atomic E-state index is 11.2. The molecule has 0 aliphatic carbocycles. The molecule has 0 spiro atoms. The Labute approximate surface area is 134 Å². The average Bonchev–Trinajstić information content (AvgIpc) is 2.51. The van der Waals surface area contributed by atoms with E-state index in [2.05, 4.69) is 16.6 Å². The molecule has 1 aliphatic rings. The van der Waals surface area contributed by atoms with Crippen molar-refractivity contribution in [3.8, 4) is 11.1 Å². The zero-order chi connectivity index (χ0) is 15.7. The summed E-state index contributed by atoms with van der Waals surface area (Å²) >= 11 is 5.97. The first-order chi connectivity index (χ1) is 10.5. The van der Waals surface area contributed by atoms with Crippen molar-refractivity contribution in [3.63, 3.8) is 0 Å². The van der Waals surface area contributed by atoms with Gasteiger partial charge in [0, 0.05) is 12.8 Å². The maximum atomic E-state index is 11.2. The highest BCUT2D eigenvalue weighted by Gasteiger charge is 2.14. The number of amides is 1. The van der Waals surface area contributed by atoms with E-state index in [1.807, 2.05) is 31.2 Å². The van der Waals surface area contributed by atoms with E-state index in [-0.39, 0.29) is 5.91 Å². The number of benzene rings is 2. The van der Waals surface area contributed by atoms with Crippen LogP contribution in [0.1, 0.15) is 24.0 Å². The molecule has 0 atom stereocenters. The van der Waals surface area contributed by atoms with E-state index >= 15 is 0 Å². The Hall–Kier alpha value is -2.33. The fourth-order valence-corrected chi connectivity index (χ4v) is 2.68. The summed E-state index contributed by atoms with van der Waals surface area (Å²) in [6.07, 6.45) is 1.14. The van der Waals surface area contributed by atoms with Gasteiger partial charge in [-0.2, -0.15) is 5.10 Å². The molecule has 1 heterocycles. The van der Waals surface area contributed by atoms with Gasteiger partial charge in [0.1, 0.15) is 0 Å². The zero-order valence-corrected chi connectivity index (χ0v) is 12.9. The normalized spacial score (nSPS) is 14.5. The highest BCUT2D eigenvalue weighted by molar-refractivity contribution is 6.33. The van der Waals surface area contributed by atoms with Crippen LogP contribution in [0.15, 0.2) is 41.5 Å². The summed E-state index contributed by atoms with van der Waals surface area (Å²) < 4.78 is 0. The number of hydrazone groups is 1. The monoisotopic (exact) mass is 313 g/mol. The van der Waals surface area contributed by atoms with E-state index in [9.17, 15) is 4.79 Å². The van der Waals surface area contributed by atoms with Crippen LogP contribution in [0, 0.1) is 6.92 Å². The van der Waals surface area contributed by atoms with E-state index in [1.165, 1.54) is 0 Å². The number of hydrogen-bond acceptors (Lipinski definition) is 3. The lowest BCUT2D eigenvalue weighted by Crippen LogP contribution is -2.25. The summed E-state index contributed by atoms with van der Waals surface area (Å²) in [5, 5.41) is 4.69. The number of carbonyl (C=O) groups excluding carboxylic acids is 1. The van der Waals surface area contributed by atoms with Crippen molar-refractivity contribution in [2.45, 2.75) is 19.8 Å². The molecule has 112 valence electrons. The lowest BCUT2D eigenvalue weighted by molar-refractivity contribution is -0.121. The second kappa shape index (κ2) is 5.81. The Kier molecular flexibility index (Phi) is 3.86. The van der Waals surface area contributed by atoms with Crippen molar-refractivity contribution in [2.75, 3.05) is 5.73 Å². The second-order valence-corrected chi connectivity index (χ2v) is 5.77. The van der Waals surface area contributed by atoms with Crippen LogP contribution >= 0.6 is 11.6 Å². The number of carbonyl (C=O) groups is 1. The smallest absolute Gasteiger partial charge is 0.240 e. The molecular weight excluding hydrogens is 298 g/mol. The van der Waals surface area contributed by atoms with Crippen molar-refractivity contribution in [2.24, 2.45) is 5.10 Å². The molecule has 5 heteroatoms. The van der Waals surface area contributed by atoms with Crippen LogP contribution in [0.25, 0.3) is 11.1 Å². The van der Waals surface area contributed by atoms with Gasteiger partial charge in [0.2, 0.25) is 5.91 Å². The lowest BCUT2D eigenvalue weighted by atomic mass is 9.95. The van der Waals surface area contributed by atoms with Gasteiger partial charge >= 0.3 is 0 Å². The predicted octanol–water partition coefficient (Wildman–Crippen LogP) is 3.51. The summed E-state index contributed by atoms with van der Waals surface area (Å²) in [6, 6.07) is 11.8. The first-order valence-electron chi connectivity index (χ1n) is 7.06. The summed E-state index contributed by atoms with van der Waals surface area (Å²) in [6.45, 7) is 2.05. The summed E-state index contributed by atoms with van der Waals surface area (Å²) in [5.41, 5.74) is 14.2. The number of hydrogen-bond donors (Lipinski definition) is 2. The number of nitrogens with zero attached hydrogens (tertiary/aromatic N) is 1. The molecule has 0 unspecified atom stereocenters. The molecule has 22 heavy (non-hydrogen) atoms. The molecule has 1 amide bonds. The van der Waals surface area contributed by atoms with E-state index < -0.39 is 0 Å². The molecule has 0 fully saturated rings. The molecule has 3 N–H and O–H groups in total. The first kappa shape index (κ1) is 14.6. The third-order valence-electron chi connectivity index (χ3n) is 3.77. The summed E-state index contributed by atoms with van der Waals surface area (Å²) in [5.74, 6) is -0.0336. The van der Waals surface area contributed by atoms with Gasteiger partial charge in [0.25, 0.3) is 0 Å². The largest absolute Gasteiger partial charge is 0.398 e. The number of aryl methyl sites for hydroxylation is 1. The van der Waals surface area contributed by atoms with Crippen LogP contribution < -0.4 is 11.2 Å². The van der Waals surface area contributed by atoms with Crippen LogP contribution in [0.5, 0.6) is 0 Å². The number of halogens is 1. The van der Waals surface area contributed by atoms with Crippen LogP contribution in [0.4, 0.5) is 5.69 Å². The van der Waals surface area contributed by atoms with Crippen LogP contribution in [0.3, 0.4) is 0 Å². The van der Waals surface area contributed by atoms with Gasteiger partial charge in [-0.3, -0.25) is 4.79 Å². The van der Waals surface area contributed by atoms with Gasteiger partial charge in [0.05, 0.1) is 16.4 Å². The molecule has 3 rings (SSSR count). The number of anilines is 1. The molecule has 2 aromatic rings. The van der Waals surface area contributed by atoms with Crippen molar-refractivity contribution in [1.29, 1.82) is 0 Å². The van der Waals surface area contributed by atoms with Crippen LogP contribution in [-0.4, -0.2) is 11.6 Å². The number of nitrogens with one attached hydrogen (secondary N) is 1. The molecular formula is C17H16ClN3O. The third kappa shape index (κ3) is 2.83. The van der Waals surface area contributed by atoms with Gasteiger partial charge in [-0.1, -0.05) is 29.8 Å². The molecule has 0 radical (unpaired) electrons. The standard InChI is InChI=1S/C17H16ClN3O/c1-10-8-12(16-6-7-17(22)21-20-16)2-4-13(10)11-3-5-14(18)15(19)9-11/h2-5,8-9H,6-7,19H2,1H3,(H,21,22). The predicted molar refractivity (Wildman–Crippen MR) is 90.0 cm³/mol. The summed E-state index contributed by atoms with van der Waals surface area (Å²) in [4.78, 5) is 11.2. The Morgan fingerprint density at radius 1 is 1.14 bits per heavy atom. The molecule has 4 nitrogen and oxygen atoms in total. The third-order valence-corrected chi connectivity index (χ3v) is 4.12. The SMILES string of the molecule is Cc1cc(C2=NNC(=O)CC2)ccc1-c1ccc(Cl)c(N)c1. The molecule has 0 aromatic heterocycles. The van der Waals surface area contributed by atoms with Crippen LogP contribution in [0.2, 0.25) is 5.02 Å². The number of nitrogens with two attached hydrogens (primary N) is 1. The minimum atomic E-state index is -0.0336. The molecule has 1 aliphatic heterocycles. The Morgan fingerprint density at radius 3 is 2.55 bits per heavy atom. The summed E-state index contributed by atoms with van der Waals surface area (Å²) in [7, 11) is 0. The van der Waals surface area contributed by atoms with Crippen molar-refractivity contribution in [3.05, 3.63) is 52.5 Å². The van der Waals surface area contributed by atoms with Crippen molar-refractivity contribution >= 4 is 28.9 Å². The average molecular weight is 314 g/mol. The van der Waals surface area contributed by atoms with Gasteiger partial charge in [-0.05, 0) is 47.4 Å². The van der Waals surface area contributed by atoms with Gasteiger partial charge in [0.15, 0.2) is 0 Å². The van der Waals surface area contributed by atoms with Crippen molar-refractivity contribution in [1.82, 2.24) is 5.43 Å². The molecule has 0 saturated heterocycles. The fourth-order valence-electron chi connectivity index (χ4n) is 2.56. The highest BCUT2D eigenvalue weighted by Crippen LogP contribution is 2.29. The van der Waals surface area contributed by atoms with Crippen molar-refractivity contribution < 1.29 is 4.79 Å². The van der Waals surface area contributed by atoms with E-state index in [0.29, 0.717) is 23.6 Å². The Balaban J connectivity index is 1.95. The van der Waals surface area contributed by atoms with Gasteiger partial charge in [-0.25, -0.2) is 5.43 Å². The molecule has 0 bridgehead atoms. The quantitative estimate of drug-likeness (QED) is 0.833. The van der Waals surface area contributed by atoms with Gasteiger partial charge < -0.3 is 5.73 Å². The zero-order valence-electron chi connectivity index (χ0n) is 12.2. The first-order valence-corrected chi connectivity index (χ1v) is 7.44. The Bertz CT molecular complexity index is 783. The minimum absolute atomic E-state index is 0.0336.